The van der Waals surface area contributed by atoms with Crippen LogP contribution in [0.25, 0.3) is 22.2 Å². The number of halogens is 2. The second-order valence-electron chi connectivity index (χ2n) is 6.16. The number of carbonyl (C=O) groups is 1. The van der Waals surface area contributed by atoms with E-state index in [1.54, 1.807) is 12.3 Å². The fourth-order valence-corrected chi connectivity index (χ4v) is 2.92. The number of terminal acetylenes is 1. The Hall–Kier alpha value is -4.03. The maximum Gasteiger partial charge on any atom is 0.297 e. The van der Waals surface area contributed by atoms with Crippen LogP contribution in [0.2, 0.25) is 5.02 Å². The minimum absolute atomic E-state index is 0.00703. The molecule has 2 aromatic carbocycles. The zero-order valence-corrected chi connectivity index (χ0v) is 16.1. The van der Waals surface area contributed by atoms with E-state index in [1.807, 2.05) is 24.1 Å². The van der Waals surface area contributed by atoms with Crippen molar-refractivity contribution in [3.8, 4) is 23.6 Å². The number of nitrogens with zero attached hydrogens (tertiary/aromatic N) is 5. The first kappa shape index (κ1) is 19.3. The van der Waals surface area contributed by atoms with Gasteiger partial charge in [-0.05, 0) is 36.3 Å². The molecule has 0 fully saturated rings. The normalized spacial score (nSPS) is 10.6. The number of hydrogen-bond donors (Lipinski definition) is 2. The van der Waals surface area contributed by atoms with Crippen molar-refractivity contribution in [1.29, 1.82) is 0 Å². The van der Waals surface area contributed by atoms with Gasteiger partial charge in [0.25, 0.3) is 5.91 Å². The lowest BCUT2D eigenvalue weighted by molar-refractivity contribution is -0.116. The number of fused-ring (bicyclic) bond motifs is 1. The number of hydrogen-bond acceptors (Lipinski definition) is 6. The molecule has 0 bridgehead atoms. The smallest absolute Gasteiger partial charge is 0.297 e. The second-order valence-corrected chi connectivity index (χ2v) is 6.57. The predicted molar refractivity (Wildman–Crippen MR) is 110 cm³/mol. The van der Waals surface area contributed by atoms with Crippen molar-refractivity contribution in [2.24, 2.45) is 0 Å². The van der Waals surface area contributed by atoms with E-state index in [9.17, 15) is 9.18 Å². The number of aromatic nitrogens is 5. The van der Waals surface area contributed by atoms with Gasteiger partial charge in [-0.3, -0.25) is 4.79 Å². The van der Waals surface area contributed by atoms with Gasteiger partial charge in [-0.1, -0.05) is 22.9 Å². The highest BCUT2D eigenvalue weighted by Crippen LogP contribution is 2.28. The Kier molecular flexibility index (Phi) is 5.24. The van der Waals surface area contributed by atoms with Crippen molar-refractivity contribution in [3.05, 3.63) is 59.8 Å². The molecule has 4 aromatic rings. The van der Waals surface area contributed by atoms with Gasteiger partial charge in [-0.2, -0.15) is 0 Å². The molecule has 0 atom stereocenters. The van der Waals surface area contributed by atoms with Crippen molar-refractivity contribution < 1.29 is 9.18 Å². The number of anilines is 2. The standard InChI is InChI=1S/C20H13ClFN7O/c1-2-19(30)25-11-29-9-18(27-28-29)12-3-6-17-14(7-12)20(24-10-23-17)26-13-4-5-16(22)15(21)8-13/h1,3-10H,11H2,(H,25,30)(H,23,24,26). The molecule has 0 spiro atoms. The van der Waals surface area contributed by atoms with Crippen LogP contribution in [0.1, 0.15) is 0 Å². The third-order valence-electron chi connectivity index (χ3n) is 4.18. The van der Waals surface area contributed by atoms with Crippen LogP contribution >= 0.6 is 11.6 Å². The van der Waals surface area contributed by atoms with E-state index in [1.165, 1.54) is 23.1 Å². The van der Waals surface area contributed by atoms with Crippen molar-refractivity contribution in [1.82, 2.24) is 30.3 Å². The fraction of sp³-hybridized carbons (Fsp3) is 0.0500. The number of benzene rings is 2. The van der Waals surface area contributed by atoms with Crippen LogP contribution in [0.3, 0.4) is 0 Å². The summed E-state index contributed by atoms with van der Waals surface area (Å²) in [5.74, 6) is 1.45. The number of amides is 1. The molecule has 30 heavy (non-hydrogen) atoms. The van der Waals surface area contributed by atoms with Gasteiger partial charge in [0.15, 0.2) is 0 Å². The van der Waals surface area contributed by atoms with Gasteiger partial charge in [0, 0.05) is 16.6 Å². The number of nitrogens with one attached hydrogen (secondary N) is 2. The molecular formula is C20H13ClFN7O. The van der Waals surface area contributed by atoms with Crippen molar-refractivity contribution in [2.75, 3.05) is 5.32 Å². The average Bonchev–Trinajstić information content (AvgIpc) is 3.23. The molecule has 148 valence electrons. The Morgan fingerprint density at radius 3 is 2.90 bits per heavy atom. The maximum absolute atomic E-state index is 13.4. The molecule has 1 amide bonds. The molecule has 8 nitrogen and oxygen atoms in total. The largest absolute Gasteiger partial charge is 0.340 e. The van der Waals surface area contributed by atoms with E-state index in [2.05, 4.69) is 30.9 Å². The highest BCUT2D eigenvalue weighted by atomic mass is 35.5. The topological polar surface area (TPSA) is 97.6 Å². The summed E-state index contributed by atoms with van der Waals surface area (Å²) in [6, 6.07) is 9.85. The minimum atomic E-state index is -0.536. The zero-order valence-electron chi connectivity index (χ0n) is 15.3. The Labute approximate surface area is 175 Å². The van der Waals surface area contributed by atoms with Crippen LogP contribution in [0.4, 0.5) is 15.9 Å². The zero-order chi connectivity index (χ0) is 21.1. The molecule has 10 heteroatoms. The quantitative estimate of drug-likeness (QED) is 0.480. The van der Waals surface area contributed by atoms with Crippen LogP contribution < -0.4 is 10.6 Å². The molecule has 0 aliphatic heterocycles. The minimum Gasteiger partial charge on any atom is -0.340 e. The third-order valence-corrected chi connectivity index (χ3v) is 4.47. The van der Waals surface area contributed by atoms with E-state index < -0.39 is 11.7 Å². The van der Waals surface area contributed by atoms with E-state index in [0.717, 1.165) is 10.9 Å². The van der Waals surface area contributed by atoms with Crippen LogP contribution in [0.5, 0.6) is 0 Å². The van der Waals surface area contributed by atoms with E-state index >= 15 is 0 Å². The van der Waals surface area contributed by atoms with Crippen LogP contribution in [0.15, 0.2) is 48.9 Å². The van der Waals surface area contributed by atoms with Crippen LogP contribution in [-0.4, -0.2) is 30.9 Å². The Bertz CT molecular complexity index is 1300. The first-order valence-electron chi connectivity index (χ1n) is 8.65. The van der Waals surface area contributed by atoms with E-state index in [0.29, 0.717) is 22.7 Å². The molecule has 4 rings (SSSR count). The summed E-state index contributed by atoms with van der Waals surface area (Å²) in [4.78, 5) is 19.7. The Morgan fingerprint density at radius 2 is 2.10 bits per heavy atom. The molecule has 2 aromatic heterocycles. The van der Waals surface area contributed by atoms with Crippen molar-refractivity contribution >= 4 is 39.9 Å². The molecule has 2 N–H and O–H groups in total. The van der Waals surface area contributed by atoms with Gasteiger partial charge in [-0.25, -0.2) is 19.0 Å². The van der Waals surface area contributed by atoms with Crippen molar-refractivity contribution in [3.63, 3.8) is 0 Å². The lowest BCUT2D eigenvalue weighted by Crippen LogP contribution is -2.24. The molecular weight excluding hydrogens is 409 g/mol. The van der Waals surface area contributed by atoms with E-state index in [4.69, 9.17) is 18.0 Å². The average molecular weight is 422 g/mol. The molecule has 2 heterocycles. The Balaban J connectivity index is 1.64. The van der Waals surface area contributed by atoms with Crippen LogP contribution in [-0.2, 0) is 11.5 Å². The summed E-state index contributed by atoms with van der Waals surface area (Å²) in [7, 11) is 0. The molecule has 0 unspecified atom stereocenters. The lowest BCUT2D eigenvalue weighted by Gasteiger charge is -2.09. The van der Waals surface area contributed by atoms with Gasteiger partial charge in [0.1, 0.15) is 30.3 Å². The van der Waals surface area contributed by atoms with Gasteiger partial charge < -0.3 is 10.6 Å². The summed E-state index contributed by atoms with van der Waals surface area (Å²) in [6.45, 7) is 0.102. The van der Waals surface area contributed by atoms with Gasteiger partial charge >= 0.3 is 0 Å². The van der Waals surface area contributed by atoms with Crippen molar-refractivity contribution in [2.45, 2.75) is 6.67 Å². The SMILES string of the molecule is C#CC(=O)NCn1cc(-c2ccc3ncnc(Nc4ccc(F)c(Cl)c4)c3c2)nn1. The molecule has 0 saturated carbocycles. The summed E-state index contributed by atoms with van der Waals surface area (Å²) < 4.78 is 14.9. The maximum atomic E-state index is 13.4. The second kappa shape index (κ2) is 8.14. The monoisotopic (exact) mass is 421 g/mol. The number of rotatable bonds is 5. The molecule has 0 aliphatic rings. The third kappa shape index (κ3) is 4.04. The van der Waals surface area contributed by atoms with Gasteiger partial charge in [0.05, 0.1) is 16.7 Å². The fourth-order valence-electron chi connectivity index (χ4n) is 2.74. The summed E-state index contributed by atoms with van der Waals surface area (Å²) in [6.07, 6.45) is 8.12. The molecule has 0 radical (unpaired) electrons. The van der Waals surface area contributed by atoms with Gasteiger partial charge in [-0.15, -0.1) is 11.5 Å². The molecule has 0 aliphatic carbocycles. The highest BCUT2D eigenvalue weighted by molar-refractivity contribution is 6.31. The lowest BCUT2D eigenvalue weighted by atomic mass is 10.1. The van der Waals surface area contributed by atoms with E-state index in [-0.39, 0.29) is 11.7 Å². The highest BCUT2D eigenvalue weighted by Gasteiger charge is 2.10. The summed E-state index contributed by atoms with van der Waals surface area (Å²) in [5, 5.41) is 14.5. The predicted octanol–water partition coefficient (Wildman–Crippen LogP) is 3.13. The summed E-state index contributed by atoms with van der Waals surface area (Å²) >= 11 is 5.86. The first-order chi connectivity index (χ1) is 14.5. The first-order valence-corrected chi connectivity index (χ1v) is 9.03. The summed E-state index contributed by atoms with van der Waals surface area (Å²) in [5.41, 5.74) is 2.65. The Morgan fingerprint density at radius 1 is 1.23 bits per heavy atom. The molecule has 0 saturated heterocycles. The number of carbonyl (C=O) groups excluding carboxylic acids is 1. The van der Waals surface area contributed by atoms with Crippen LogP contribution in [0, 0.1) is 18.2 Å². The van der Waals surface area contributed by atoms with Gasteiger partial charge in [0.2, 0.25) is 0 Å².